The molecule has 3 heteroatoms. The van der Waals surface area contributed by atoms with Gasteiger partial charge in [-0.15, -0.1) is 11.3 Å². The number of hydrogen-bond acceptors (Lipinski definition) is 2. The molecule has 0 aliphatic carbocycles. The maximum atomic E-state index is 4.34. The fourth-order valence-electron chi connectivity index (χ4n) is 0.764. The average Bonchev–Trinajstić information content (AvgIpc) is 2.31. The first kappa shape index (κ1) is 7.69. The standard InChI is InChI=1S/C7H12N2S/c1-3-8-4-7-9-6(2)5-10-7/h5,8H,3-4H2,1-2H3/p+1. The first-order valence-electron chi connectivity index (χ1n) is 3.55. The molecule has 0 saturated carbocycles. The molecule has 0 aromatic carbocycles. The van der Waals surface area contributed by atoms with Crippen molar-refractivity contribution in [3.8, 4) is 0 Å². The van der Waals surface area contributed by atoms with Crippen molar-refractivity contribution in [2.45, 2.75) is 20.4 Å². The minimum absolute atomic E-state index is 1.04. The topological polar surface area (TPSA) is 29.5 Å². The van der Waals surface area contributed by atoms with Crippen molar-refractivity contribution in [1.82, 2.24) is 4.98 Å². The summed E-state index contributed by atoms with van der Waals surface area (Å²) < 4.78 is 0. The van der Waals surface area contributed by atoms with Gasteiger partial charge in [0.05, 0.1) is 6.54 Å². The smallest absolute Gasteiger partial charge is 0.147 e. The molecule has 0 amide bonds. The average molecular weight is 157 g/mol. The molecule has 0 atom stereocenters. The van der Waals surface area contributed by atoms with Gasteiger partial charge in [0.25, 0.3) is 0 Å². The molecule has 0 unspecified atom stereocenters. The van der Waals surface area contributed by atoms with Gasteiger partial charge in [0.2, 0.25) is 0 Å². The Hall–Kier alpha value is -0.410. The largest absolute Gasteiger partial charge is 0.341 e. The van der Waals surface area contributed by atoms with E-state index in [0.29, 0.717) is 0 Å². The summed E-state index contributed by atoms with van der Waals surface area (Å²) in [4.78, 5) is 4.34. The molecule has 0 saturated heterocycles. The van der Waals surface area contributed by atoms with Crippen LogP contribution in [0, 0.1) is 6.92 Å². The summed E-state index contributed by atoms with van der Waals surface area (Å²) in [5.74, 6) is 0. The molecule has 1 heterocycles. The van der Waals surface area contributed by atoms with Crippen LogP contribution in [0.4, 0.5) is 0 Å². The number of thiazole rings is 1. The molecule has 1 aromatic heterocycles. The fraction of sp³-hybridized carbons (Fsp3) is 0.571. The Morgan fingerprint density at radius 3 is 3.00 bits per heavy atom. The molecule has 0 aliphatic rings. The quantitative estimate of drug-likeness (QED) is 0.681. The minimum Gasteiger partial charge on any atom is -0.341 e. The number of nitrogens with two attached hydrogens (primary N) is 1. The molecule has 56 valence electrons. The van der Waals surface area contributed by atoms with Crippen LogP contribution in [0.5, 0.6) is 0 Å². The highest BCUT2D eigenvalue weighted by Crippen LogP contribution is 2.05. The second-order valence-electron chi connectivity index (χ2n) is 2.28. The SMILES string of the molecule is CC[NH2+]Cc1nc(C)cs1. The predicted molar refractivity (Wildman–Crippen MR) is 43.0 cm³/mol. The zero-order chi connectivity index (χ0) is 7.40. The fourth-order valence-corrected chi connectivity index (χ4v) is 1.53. The maximum absolute atomic E-state index is 4.34. The van der Waals surface area contributed by atoms with E-state index in [9.17, 15) is 0 Å². The van der Waals surface area contributed by atoms with E-state index in [1.807, 2.05) is 6.92 Å². The molecular weight excluding hydrogens is 144 g/mol. The van der Waals surface area contributed by atoms with Gasteiger partial charge in [-0.3, -0.25) is 0 Å². The molecule has 1 aromatic rings. The highest BCUT2D eigenvalue weighted by atomic mass is 32.1. The van der Waals surface area contributed by atoms with Crippen molar-refractivity contribution in [2.24, 2.45) is 0 Å². The number of aryl methyl sites for hydroxylation is 1. The summed E-state index contributed by atoms with van der Waals surface area (Å²) in [5, 5.41) is 5.58. The molecule has 2 N–H and O–H groups in total. The van der Waals surface area contributed by atoms with Gasteiger partial charge in [-0.05, 0) is 13.8 Å². The minimum atomic E-state index is 1.04. The third kappa shape index (κ3) is 2.08. The van der Waals surface area contributed by atoms with Gasteiger partial charge in [-0.1, -0.05) is 0 Å². The van der Waals surface area contributed by atoms with Gasteiger partial charge >= 0.3 is 0 Å². The van der Waals surface area contributed by atoms with Gasteiger partial charge < -0.3 is 5.32 Å². The number of quaternary nitrogens is 1. The van der Waals surface area contributed by atoms with Gasteiger partial charge in [0.15, 0.2) is 0 Å². The second-order valence-corrected chi connectivity index (χ2v) is 3.23. The van der Waals surface area contributed by atoms with Crippen molar-refractivity contribution in [2.75, 3.05) is 6.54 Å². The van der Waals surface area contributed by atoms with Crippen LogP contribution in [0.2, 0.25) is 0 Å². The van der Waals surface area contributed by atoms with Crippen LogP contribution in [0.15, 0.2) is 5.38 Å². The Morgan fingerprint density at radius 1 is 1.70 bits per heavy atom. The van der Waals surface area contributed by atoms with Crippen LogP contribution in [-0.4, -0.2) is 11.5 Å². The molecule has 0 fully saturated rings. The summed E-state index contributed by atoms with van der Waals surface area (Å²) in [6.45, 7) is 6.36. The predicted octanol–water partition coefficient (Wildman–Crippen LogP) is 0.535. The van der Waals surface area contributed by atoms with E-state index in [1.54, 1.807) is 11.3 Å². The Labute approximate surface area is 65.3 Å². The van der Waals surface area contributed by atoms with E-state index in [4.69, 9.17) is 0 Å². The Kier molecular flexibility index (Phi) is 2.83. The lowest BCUT2D eigenvalue weighted by atomic mass is 10.5. The van der Waals surface area contributed by atoms with Crippen molar-refractivity contribution in [3.63, 3.8) is 0 Å². The molecular formula is C7H13N2S+. The van der Waals surface area contributed by atoms with Crippen LogP contribution >= 0.6 is 11.3 Å². The lowest BCUT2D eigenvalue weighted by molar-refractivity contribution is -0.667. The van der Waals surface area contributed by atoms with Gasteiger partial charge in [-0.25, -0.2) is 4.98 Å². The zero-order valence-electron chi connectivity index (χ0n) is 6.42. The zero-order valence-corrected chi connectivity index (χ0v) is 7.24. The van der Waals surface area contributed by atoms with E-state index in [2.05, 4.69) is 22.6 Å². The van der Waals surface area contributed by atoms with Crippen molar-refractivity contribution < 1.29 is 5.32 Å². The molecule has 1 rings (SSSR count). The first-order chi connectivity index (χ1) is 4.83. The number of rotatable bonds is 3. The molecule has 10 heavy (non-hydrogen) atoms. The van der Waals surface area contributed by atoms with Gasteiger partial charge in [0, 0.05) is 11.1 Å². The Bertz CT molecular complexity index is 195. The number of hydrogen-bond donors (Lipinski definition) is 1. The van der Waals surface area contributed by atoms with Crippen LogP contribution in [-0.2, 0) is 6.54 Å². The van der Waals surface area contributed by atoms with Crippen molar-refractivity contribution in [3.05, 3.63) is 16.1 Å². The number of nitrogens with zero attached hydrogens (tertiary/aromatic N) is 1. The summed E-state index contributed by atoms with van der Waals surface area (Å²) >= 11 is 1.75. The lowest BCUT2D eigenvalue weighted by Crippen LogP contribution is -2.81. The molecule has 0 radical (unpaired) electrons. The van der Waals surface area contributed by atoms with Crippen molar-refractivity contribution >= 4 is 11.3 Å². The van der Waals surface area contributed by atoms with E-state index in [-0.39, 0.29) is 0 Å². The first-order valence-corrected chi connectivity index (χ1v) is 4.43. The Balaban J connectivity index is 2.42. The summed E-state index contributed by atoms with van der Waals surface area (Å²) in [6, 6.07) is 0. The van der Waals surface area contributed by atoms with Crippen molar-refractivity contribution in [1.29, 1.82) is 0 Å². The molecule has 0 bridgehead atoms. The highest BCUT2D eigenvalue weighted by Gasteiger charge is 1.97. The van der Waals surface area contributed by atoms with Crippen LogP contribution < -0.4 is 5.32 Å². The van der Waals surface area contributed by atoms with Crippen LogP contribution in [0.25, 0.3) is 0 Å². The lowest BCUT2D eigenvalue weighted by Gasteiger charge is -1.91. The third-order valence-electron chi connectivity index (χ3n) is 1.27. The van der Waals surface area contributed by atoms with E-state index < -0.39 is 0 Å². The highest BCUT2D eigenvalue weighted by molar-refractivity contribution is 7.09. The summed E-state index contributed by atoms with van der Waals surface area (Å²) in [7, 11) is 0. The summed E-state index contributed by atoms with van der Waals surface area (Å²) in [5.41, 5.74) is 1.14. The van der Waals surface area contributed by atoms with E-state index in [1.165, 1.54) is 5.01 Å². The normalized spacial score (nSPS) is 10.2. The second kappa shape index (κ2) is 3.68. The van der Waals surface area contributed by atoms with E-state index in [0.717, 1.165) is 18.8 Å². The Morgan fingerprint density at radius 2 is 2.50 bits per heavy atom. The number of aromatic nitrogens is 1. The molecule has 2 nitrogen and oxygen atoms in total. The van der Waals surface area contributed by atoms with Gasteiger partial charge in [0.1, 0.15) is 11.6 Å². The molecule has 0 spiro atoms. The molecule has 0 aliphatic heterocycles. The monoisotopic (exact) mass is 157 g/mol. The van der Waals surface area contributed by atoms with E-state index >= 15 is 0 Å². The van der Waals surface area contributed by atoms with Gasteiger partial charge in [-0.2, -0.15) is 0 Å². The summed E-state index contributed by atoms with van der Waals surface area (Å²) in [6.07, 6.45) is 0. The third-order valence-corrected chi connectivity index (χ3v) is 2.26. The van der Waals surface area contributed by atoms with Crippen LogP contribution in [0.3, 0.4) is 0 Å². The van der Waals surface area contributed by atoms with Crippen LogP contribution in [0.1, 0.15) is 17.6 Å². The maximum Gasteiger partial charge on any atom is 0.147 e.